The zero-order chi connectivity index (χ0) is 56.6. The Labute approximate surface area is 489 Å². The van der Waals surface area contributed by atoms with E-state index in [1.807, 2.05) is 0 Å². The second-order valence-electron chi connectivity index (χ2n) is 25.3. The van der Waals surface area contributed by atoms with Crippen LogP contribution in [-0.2, 0) is 4.79 Å². The second kappa shape index (κ2) is 66.8. The van der Waals surface area contributed by atoms with Gasteiger partial charge in [-0.1, -0.05) is 386 Å². The van der Waals surface area contributed by atoms with Crippen LogP contribution in [0.1, 0.15) is 412 Å². The van der Waals surface area contributed by atoms with Crippen LogP contribution in [0.4, 0.5) is 0 Å². The van der Waals surface area contributed by atoms with E-state index < -0.39 is 36.9 Å². The Bertz CT molecular complexity index is 1150. The largest absolute Gasteiger partial charge is 0.394 e. The average molecular weight is 1100 g/mol. The first-order chi connectivity index (χ1) is 38.5. The molecule has 78 heavy (non-hydrogen) atoms. The molecule has 4 unspecified atom stereocenters. The summed E-state index contributed by atoms with van der Waals surface area (Å²) in [7, 11) is 0. The molecule has 0 radical (unpaired) electrons. The van der Waals surface area contributed by atoms with Crippen LogP contribution in [-0.4, -0.2) is 57.3 Å². The summed E-state index contributed by atoms with van der Waals surface area (Å²) >= 11 is 0. The van der Waals surface area contributed by atoms with Crippen molar-refractivity contribution in [3.05, 3.63) is 12.2 Å². The predicted octanol–water partition coefficient (Wildman–Crippen LogP) is 22.3. The molecule has 4 atom stereocenters. The van der Waals surface area contributed by atoms with Gasteiger partial charge in [0.2, 0.25) is 5.91 Å². The topological polar surface area (TPSA) is 110 Å². The third-order valence-electron chi connectivity index (χ3n) is 17.5. The summed E-state index contributed by atoms with van der Waals surface area (Å²) in [6, 6.07) is -1.00. The number of hydrogen-bond donors (Lipinski definition) is 5. The first kappa shape index (κ1) is 77.0. The number of hydrogen-bond acceptors (Lipinski definition) is 5. The molecule has 6 heteroatoms. The van der Waals surface area contributed by atoms with Crippen molar-refractivity contribution >= 4 is 5.91 Å². The molecule has 0 aliphatic heterocycles. The van der Waals surface area contributed by atoms with Crippen molar-refractivity contribution in [1.29, 1.82) is 0 Å². The van der Waals surface area contributed by atoms with E-state index in [-0.39, 0.29) is 0 Å². The maximum absolute atomic E-state index is 12.7. The Balaban J connectivity index is 3.53. The fourth-order valence-electron chi connectivity index (χ4n) is 11.9. The number of amides is 1. The van der Waals surface area contributed by atoms with E-state index in [4.69, 9.17) is 0 Å². The molecule has 0 aliphatic carbocycles. The molecule has 0 saturated carbocycles. The van der Waals surface area contributed by atoms with Gasteiger partial charge in [-0.25, -0.2) is 0 Å². The minimum Gasteiger partial charge on any atom is -0.394 e. The van der Waals surface area contributed by atoms with Gasteiger partial charge in [-0.2, -0.15) is 0 Å². The van der Waals surface area contributed by atoms with Crippen molar-refractivity contribution in [3.8, 4) is 0 Å². The molecule has 466 valence electrons. The van der Waals surface area contributed by atoms with Crippen molar-refractivity contribution in [3.63, 3.8) is 0 Å². The number of aliphatic hydroxyl groups excluding tert-OH is 4. The minimum absolute atomic E-state index is 0.369. The van der Waals surface area contributed by atoms with Crippen LogP contribution in [0.25, 0.3) is 0 Å². The molecule has 0 aromatic heterocycles. The second-order valence-corrected chi connectivity index (χ2v) is 25.3. The smallest absolute Gasteiger partial charge is 0.249 e. The average Bonchev–Trinajstić information content (AvgIpc) is 3.45. The van der Waals surface area contributed by atoms with Crippen molar-refractivity contribution in [2.24, 2.45) is 0 Å². The monoisotopic (exact) mass is 1100 g/mol. The van der Waals surface area contributed by atoms with Gasteiger partial charge in [0, 0.05) is 0 Å². The summed E-state index contributed by atoms with van der Waals surface area (Å²) in [5.74, 6) is -0.584. The summed E-state index contributed by atoms with van der Waals surface area (Å²) in [5.41, 5.74) is 0. The van der Waals surface area contributed by atoms with Crippen molar-refractivity contribution < 1.29 is 25.2 Å². The highest BCUT2D eigenvalue weighted by atomic mass is 16.3. The lowest BCUT2D eigenvalue weighted by molar-refractivity contribution is -0.132. The fraction of sp³-hybridized carbons (Fsp3) is 0.958. The van der Waals surface area contributed by atoms with Crippen molar-refractivity contribution in [1.82, 2.24) is 5.32 Å². The van der Waals surface area contributed by atoms with E-state index >= 15 is 0 Å². The van der Waals surface area contributed by atoms with Crippen molar-refractivity contribution in [2.75, 3.05) is 6.61 Å². The van der Waals surface area contributed by atoms with Crippen molar-refractivity contribution in [2.45, 2.75) is 436 Å². The number of nitrogens with one attached hydrogen (secondary N) is 1. The molecule has 0 spiro atoms. The van der Waals surface area contributed by atoms with Gasteiger partial charge in [-0.15, -0.1) is 0 Å². The number of rotatable bonds is 68. The fourth-order valence-corrected chi connectivity index (χ4v) is 11.9. The molecular formula is C72H143NO5. The maximum Gasteiger partial charge on any atom is 0.249 e. The highest BCUT2D eigenvalue weighted by molar-refractivity contribution is 5.80. The van der Waals surface area contributed by atoms with Crippen LogP contribution in [0.2, 0.25) is 0 Å². The Kier molecular flexibility index (Phi) is 66.0. The summed E-state index contributed by atoms with van der Waals surface area (Å²) in [4.78, 5) is 12.7. The lowest BCUT2D eigenvalue weighted by Crippen LogP contribution is -2.53. The molecule has 0 heterocycles. The van der Waals surface area contributed by atoms with E-state index in [0.29, 0.717) is 12.8 Å². The third-order valence-corrected chi connectivity index (χ3v) is 17.5. The number of unbranched alkanes of at least 4 members (excludes halogenated alkanes) is 57. The van der Waals surface area contributed by atoms with Crippen LogP contribution in [0.3, 0.4) is 0 Å². The van der Waals surface area contributed by atoms with Gasteiger partial charge >= 0.3 is 0 Å². The summed E-state index contributed by atoms with van der Waals surface area (Å²) in [6.45, 7) is 4.11. The molecule has 0 aromatic carbocycles. The molecule has 0 aromatic rings. The third kappa shape index (κ3) is 59.7. The van der Waals surface area contributed by atoms with E-state index in [1.165, 1.54) is 347 Å². The zero-order valence-electron chi connectivity index (χ0n) is 53.2. The van der Waals surface area contributed by atoms with E-state index in [0.717, 1.165) is 38.5 Å². The minimum atomic E-state index is -1.28. The van der Waals surface area contributed by atoms with Gasteiger partial charge in [0.1, 0.15) is 12.2 Å². The summed E-state index contributed by atoms with van der Waals surface area (Å²) in [5, 5.41) is 44.2. The van der Waals surface area contributed by atoms with Crippen LogP contribution < -0.4 is 5.32 Å². The molecule has 0 fully saturated rings. The Morgan fingerprint density at radius 3 is 0.769 bits per heavy atom. The lowest BCUT2D eigenvalue weighted by atomic mass is 10.00. The van der Waals surface area contributed by atoms with Crippen LogP contribution in [0.5, 0.6) is 0 Å². The van der Waals surface area contributed by atoms with Gasteiger partial charge in [-0.3, -0.25) is 4.79 Å². The SMILES string of the molecule is CCCCCCCCCCCCCCCCCCCCCCCCCCCCC/C=C/CCCC(O)C(O)C(CO)NC(=O)C(O)CCCCCCCCCCCCCCCCCCCCCCCCCCCCCCCC. The van der Waals surface area contributed by atoms with E-state index in [1.54, 1.807) is 0 Å². The molecule has 1 amide bonds. The maximum atomic E-state index is 12.7. The first-order valence-electron chi connectivity index (χ1n) is 36.1. The predicted molar refractivity (Wildman–Crippen MR) is 344 cm³/mol. The van der Waals surface area contributed by atoms with Crippen LogP contribution >= 0.6 is 0 Å². The summed E-state index contributed by atoms with van der Waals surface area (Å²) < 4.78 is 0. The molecule has 0 bridgehead atoms. The van der Waals surface area contributed by atoms with Gasteiger partial charge in [0.25, 0.3) is 0 Å². The molecule has 0 aliphatic rings. The molecular weight excluding hydrogens is 959 g/mol. The standard InChI is InChI=1S/C72H143NO5/c1-3-5-7-9-11-13-15-17-19-21-23-25-27-29-31-33-35-36-38-39-41-43-45-47-49-51-53-55-57-59-61-63-65-69(75)71(77)68(67-74)73-72(78)70(76)66-64-62-60-58-56-54-52-50-48-46-44-42-40-37-34-32-30-28-26-24-22-20-18-16-14-12-10-8-6-4-2/h57,59,68-71,74-77H,3-56,58,60-67H2,1-2H3,(H,73,78)/b59-57+. The molecule has 0 rings (SSSR count). The number of carbonyl (C=O) groups is 1. The van der Waals surface area contributed by atoms with E-state index in [2.05, 4.69) is 31.3 Å². The molecule has 5 N–H and O–H groups in total. The van der Waals surface area contributed by atoms with Gasteiger partial charge in [-0.05, 0) is 38.5 Å². The normalized spacial score (nSPS) is 13.5. The first-order valence-corrected chi connectivity index (χ1v) is 36.1. The van der Waals surface area contributed by atoms with Gasteiger partial charge in [0.15, 0.2) is 0 Å². The summed E-state index contributed by atoms with van der Waals surface area (Å²) in [6.07, 6.45) is 83.6. The van der Waals surface area contributed by atoms with Gasteiger partial charge < -0.3 is 25.7 Å². The van der Waals surface area contributed by atoms with Crippen LogP contribution in [0, 0.1) is 0 Å². The number of aliphatic hydroxyl groups is 4. The highest BCUT2D eigenvalue weighted by Crippen LogP contribution is 2.20. The number of carbonyl (C=O) groups excluding carboxylic acids is 1. The number of allylic oxidation sites excluding steroid dienone is 2. The highest BCUT2D eigenvalue weighted by Gasteiger charge is 2.28. The Morgan fingerprint density at radius 1 is 0.308 bits per heavy atom. The quantitative estimate of drug-likeness (QED) is 0.0308. The lowest BCUT2D eigenvalue weighted by Gasteiger charge is -2.27. The van der Waals surface area contributed by atoms with E-state index in [9.17, 15) is 25.2 Å². The molecule has 0 saturated heterocycles. The zero-order valence-corrected chi connectivity index (χ0v) is 53.2. The van der Waals surface area contributed by atoms with Crippen LogP contribution in [0.15, 0.2) is 12.2 Å². The molecule has 6 nitrogen and oxygen atoms in total. The Hall–Kier alpha value is -0.950. The van der Waals surface area contributed by atoms with Gasteiger partial charge in [0.05, 0.1) is 18.8 Å². The Morgan fingerprint density at radius 2 is 0.526 bits per heavy atom.